The van der Waals surface area contributed by atoms with E-state index in [9.17, 15) is 13.2 Å². The van der Waals surface area contributed by atoms with E-state index in [-0.39, 0.29) is 6.42 Å². The van der Waals surface area contributed by atoms with E-state index in [1.807, 2.05) is 19.1 Å². The fourth-order valence-electron chi connectivity index (χ4n) is 2.37. The highest BCUT2D eigenvalue weighted by Crippen LogP contribution is 2.28. The minimum Gasteiger partial charge on any atom is -0.165 e. The molecule has 0 amide bonds. The van der Waals surface area contributed by atoms with Gasteiger partial charge in [-0.15, -0.1) is 0 Å². The molecule has 6 heteroatoms. The lowest BCUT2D eigenvalue weighted by Crippen LogP contribution is -2.22. The van der Waals surface area contributed by atoms with Gasteiger partial charge < -0.3 is 0 Å². The van der Waals surface area contributed by atoms with Crippen LogP contribution < -0.4 is 0 Å². The van der Waals surface area contributed by atoms with Crippen LogP contribution in [0.4, 0.5) is 18.9 Å². The molecule has 118 valence electrons. The summed E-state index contributed by atoms with van der Waals surface area (Å²) in [6, 6.07) is 13.9. The highest BCUT2D eigenvalue weighted by Gasteiger charge is 2.45. The molecule has 2 aromatic carbocycles. The molecular formula is C17H13ClF3N2+. The van der Waals surface area contributed by atoms with Gasteiger partial charge in [-0.2, -0.15) is 13.2 Å². The van der Waals surface area contributed by atoms with Crippen molar-refractivity contribution in [2.24, 2.45) is 5.10 Å². The highest BCUT2D eigenvalue weighted by molar-refractivity contribution is 6.30. The van der Waals surface area contributed by atoms with E-state index in [1.165, 1.54) is 4.68 Å². The first kappa shape index (κ1) is 15.7. The van der Waals surface area contributed by atoms with Gasteiger partial charge in [-0.05, 0) is 35.9 Å². The maximum absolute atomic E-state index is 13.1. The normalized spacial score (nSPS) is 15.1. The number of aryl methyl sites for hydroxylation is 1. The van der Waals surface area contributed by atoms with Crippen molar-refractivity contribution < 1.29 is 17.9 Å². The van der Waals surface area contributed by atoms with Crippen molar-refractivity contribution in [1.82, 2.24) is 0 Å². The van der Waals surface area contributed by atoms with Crippen molar-refractivity contribution in [1.29, 1.82) is 0 Å². The van der Waals surface area contributed by atoms with Crippen molar-refractivity contribution in [2.75, 3.05) is 0 Å². The predicted octanol–water partition coefficient (Wildman–Crippen LogP) is 5.10. The summed E-state index contributed by atoms with van der Waals surface area (Å²) < 4.78 is 40.6. The summed E-state index contributed by atoms with van der Waals surface area (Å²) in [6.45, 7) is 1.92. The van der Waals surface area contributed by atoms with E-state index in [4.69, 9.17) is 11.6 Å². The maximum Gasteiger partial charge on any atom is 0.435 e. The molecule has 0 bridgehead atoms. The maximum atomic E-state index is 13.1. The zero-order valence-corrected chi connectivity index (χ0v) is 13.0. The highest BCUT2D eigenvalue weighted by atomic mass is 35.5. The number of nitrogens with zero attached hydrogens (tertiary/aromatic N) is 2. The second kappa shape index (κ2) is 5.81. The van der Waals surface area contributed by atoms with Crippen LogP contribution in [0.25, 0.3) is 0 Å². The van der Waals surface area contributed by atoms with E-state index in [2.05, 4.69) is 5.10 Å². The topological polar surface area (TPSA) is 15.4 Å². The number of benzene rings is 2. The second-order valence-electron chi connectivity index (χ2n) is 5.32. The van der Waals surface area contributed by atoms with Gasteiger partial charge in [0.1, 0.15) is 0 Å². The molecule has 3 rings (SSSR count). The van der Waals surface area contributed by atoms with Gasteiger partial charge in [0.25, 0.3) is 0 Å². The van der Waals surface area contributed by atoms with Crippen molar-refractivity contribution in [3.05, 3.63) is 64.7 Å². The van der Waals surface area contributed by atoms with Crippen molar-refractivity contribution >= 4 is 28.7 Å². The number of hydrogen-bond donors (Lipinski definition) is 0. The minimum atomic E-state index is -4.45. The molecule has 1 aliphatic rings. The third-order valence-corrected chi connectivity index (χ3v) is 3.85. The van der Waals surface area contributed by atoms with Crippen molar-refractivity contribution in [3.63, 3.8) is 0 Å². The molecular weight excluding hydrogens is 325 g/mol. The summed E-state index contributed by atoms with van der Waals surface area (Å²) in [5, 5.41) is 4.33. The van der Waals surface area contributed by atoms with Gasteiger partial charge in [0.15, 0.2) is 5.71 Å². The zero-order valence-electron chi connectivity index (χ0n) is 12.2. The molecule has 0 aromatic heterocycles. The summed E-state index contributed by atoms with van der Waals surface area (Å²) in [7, 11) is 0. The van der Waals surface area contributed by atoms with Gasteiger partial charge in [-0.25, -0.2) is 0 Å². The van der Waals surface area contributed by atoms with Crippen LogP contribution in [0.15, 0.2) is 53.6 Å². The molecule has 0 unspecified atom stereocenters. The zero-order chi connectivity index (χ0) is 16.6. The number of hydrogen-bond acceptors (Lipinski definition) is 1. The Kier molecular flexibility index (Phi) is 3.98. The lowest BCUT2D eigenvalue weighted by molar-refractivity contribution is -0.442. The van der Waals surface area contributed by atoms with Crippen LogP contribution >= 0.6 is 11.6 Å². The molecule has 0 saturated heterocycles. The molecule has 0 radical (unpaired) electrons. The number of halogens is 4. The lowest BCUT2D eigenvalue weighted by atomic mass is 10.0. The molecule has 23 heavy (non-hydrogen) atoms. The molecule has 0 fully saturated rings. The van der Waals surface area contributed by atoms with Crippen LogP contribution in [0, 0.1) is 6.92 Å². The molecule has 0 aliphatic carbocycles. The van der Waals surface area contributed by atoms with Gasteiger partial charge in [-0.1, -0.05) is 29.3 Å². The smallest absolute Gasteiger partial charge is 0.165 e. The lowest BCUT2D eigenvalue weighted by Gasteiger charge is -2.01. The SMILES string of the molecule is Cc1ccc([N+]2=C(c3ccc(Cl)cc3)CC(C(F)(F)F)=N2)cc1. The molecule has 1 heterocycles. The third-order valence-electron chi connectivity index (χ3n) is 3.59. The summed E-state index contributed by atoms with van der Waals surface area (Å²) >= 11 is 5.86. The number of alkyl halides is 3. The van der Waals surface area contributed by atoms with E-state index >= 15 is 0 Å². The van der Waals surface area contributed by atoms with Crippen molar-refractivity contribution in [3.8, 4) is 0 Å². The molecule has 0 saturated carbocycles. The fraction of sp³-hybridized carbons (Fsp3) is 0.176. The van der Waals surface area contributed by atoms with Gasteiger partial charge in [-0.3, -0.25) is 0 Å². The van der Waals surface area contributed by atoms with Gasteiger partial charge in [0.05, 0.1) is 6.42 Å². The van der Waals surface area contributed by atoms with E-state index in [0.717, 1.165) is 5.56 Å². The van der Waals surface area contributed by atoms with Gasteiger partial charge >= 0.3 is 6.18 Å². The Morgan fingerprint density at radius 1 is 1.00 bits per heavy atom. The van der Waals surface area contributed by atoms with Crippen LogP contribution in [0.5, 0.6) is 0 Å². The van der Waals surface area contributed by atoms with Crippen LogP contribution in [0.1, 0.15) is 17.5 Å². The van der Waals surface area contributed by atoms with Crippen LogP contribution in [0.3, 0.4) is 0 Å². The summed E-state index contributed by atoms with van der Waals surface area (Å²) in [6.07, 6.45) is -4.71. The van der Waals surface area contributed by atoms with E-state index in [0.29, 0.717) is 22.0 Å². The summed E-state index contributed by atoms with van der Waals surface area (Å²) in [5.74, 6) is 0. The Hall–Kier alpha value is -2.14. The first-order valence-electron chi connectivity index (χ1n) is 6.98. The van der Waals surface area contributed by atoms with E-state index < -0.39 is 11.9 Å². The Morgan fingerprint density at radius 2 is 1.61 bits per heavy atom. The quantitative estimate of drug-likeness (QED) is 0.677. The third kappa shape index (κ3) is 3.29. The Morgan fingerprint density at radius 3 is 2.17 bits per heavy atom. The minimum absolute atomic E-state index is 0.265. The fourth-order valence-corrected chi connectivity index (χ4v) is 2.50. The average Bonchev–Trinajstić information content (AvgIpc) is 2.94. The molecule has 1 aliphatic heterocycles. The molecule has 0 N–H and O–H groups in total. The van der Waals surface area contributed by atoms with Crippen LogP contribution in [-0.4, -0.2) is 22.3 Å². The molecule has 0 spiro atoms. The van der Waals surface area contributed by atoms with Crippen molar-refractivity contribution in [2.45, 2.75) is 19.5 Å². The first-order chi connectivity index (χ1) is 10.8. The standard InChI is InChI=1S/C17H13ClF3N2/c1-11-2-8-14(9-3-11)23-15(10-16(22-23)17(19,20)21)12-4-6-13(18)7-5-12/h2-9H,10H2,1H3/q+1. The van der Waals surface area contributed by atoms with E-state index in [1.54, 1.807) is 36.4 Å². The molecule has 2 aromatic rings. The summed E-state index contributed by atoms with van der Waals surface area (Å²) in [4.78, 5) is 0. The molecule has 2 nitrogen and oxygen atoms in total. The predicted molar refractivity (Wildman–Crippen MR) is 84.8 cm³/mol. The van der Waals surface area contributed by atoms with Gasteiger partial charge in [0, 0.05) is 27.8 Å². The largest absolute Gasteiger partial charge is 0.435 e. The number of rotatable bonds is 2. The Balaban J connectivity index is 2.10. The second-order valence-corrected chi connectivity index (χ2v) is 5.76. The summed E-state index contributed by atoms with van der Waals surface area (Å²) in [5.41, 5.74) is 1.97. The molecule has 0 atom stereocenters. The number of hydrazone groups is 1. The first-order valence-corrected chi connectivity index (χ1v) is 7.35. The monoisotopic (exact) mass is 337 g/mol. The van der Waals surface area contributed by atoms with Crippen LogP contribution in [-0.2, 0) is 0 Å². The van der Waals surface area contributed by atoms with Gasteiger partial charge in [0.2, 0.25) is 11.4 Å². The average molecular weight is 338 g/mol. The Labute approximate surface area is 136 Å². The van der Waals surface area contributed by atoms with Crippen LogP contribution in [0.2, 0.25) is 5.02 Å². The Bertz CT molecular complexity index is 788.